The third-order valence-electron chi connectivity index (χ3n) is 3.38. The fraction of sp³-hybridized carbons (Fsp3) is 0.462. The Balaban J connectivity index is 1.70. The summed E-state index contributed by atoms with van der Waals surface area (Å²) in [5, 5.41) is 3.87. The third-order valence-corrected chi connectivity index (χ3v) is 3.38. The number of hydrogen-bond donors (Lipinski definition) is 0. The highest BCUT2D eigenvalue weighted by Gasteiger charge is 2.32. The second-order valence-electron chi connectivity index (χ2n) is 4.64. The number of carbonyl (C=O) groups is 1. The van der Waals surface area contributed by atoms with E-state index in [0.29, 0.717) is 24.0 Å². The van der Waals surface area contributed by atoms with Crippen molar-refractivity contribution in [1.82, 2.24) is 15.0 Å². The van der Waals surface area contributed by atoms with Gasteiger partial charge in [-0.15, -0.1) is 0 Å². The number of methoxy groups -OCH3 is 1. The van der Waals surface area contributed by atoms with E-state index in [1.165, 1.54) is 7.11 Å². The molecule has 0 aromatic carbocycles. The van der Waals surface area contributed by atoms with Gasteiger partial charge in [-0.1, -0.05) is 5.16 Å². The van der Waals surface area contributed by atoms with E-state index < -0.39 is 0 Å². The SMILES string of the molecule is COC(=O)C1CCCN1Cc1nc(-c2ccco2)no1. The molecule has 0 amide bonds. The van der Waals surface area contributed by atoms with Gasteiger partial charge in [0.25, 0.3) is 0 Å². The van der Waals surface area contributed by atoms with Gasteiger partial charge in [0, 0.05) is 0 Å². The molecule has 1 aliphatic rings. The number of rotatable bonds is 4. The number of carbonyl (C=O) groups excluding carboxylic acids is 1. The summed E-state index contributed by atoms with van der Waals surface area (Å²) >= 11 is 0. The lowest BCUT2D eigenvalue weighted by Gasteiger charge is -2.19. The van der Waals surface area contributed by atoms with Gasteiger partial charge in [0.2, 0.25) is 11.7 Å². The monoisotopic (exact) mass is 277 g/mol. The van der Waals surface area contributed by atoms with Crippen LogP contribution in [0.2, 0.25) is 0 Å². The topological polar surface area (TPSA) is 81.6 Å². The van der Waals surface area contributed by atoms with Crippen LogP contribution in [0.3, 0.4) is 0 Å². The maximum Gasteiger partial charge on any atom is 0.323 e. The Morgan fingerprint density at radius 2 is 2.50 bits per heavy atom. The quantitative estimate of drug-likeness (QED) is 0.782. The van der Waals surface area contributed by atoms with Crippen LogP contribution < -0.4 is 0 Å². The summed E-state index contributed by atoms with van der Waals surface area (Å²) in [7, 11) is 1.40. The Kier molecular flexibility index (Phi) is 3.51. The number of aromatic nitrogens is 2. The van der Waals surface area contributed by atoms with E-state index in [1.807, 2.05) is 4.90 Å². The first kappa shape index (κ1) is 12.9. The molecule has 1 atom stereocenters. The van der Waals surface area contributed by atoms with Crippen molar-refractivity contribution in [2.75, 3.05) is 13.7 Å². The van der Waals surface area contributed by atoms with Crippen molar-refractivity contribution < 1.29 is 18.5 Å². The van der Waals surface area contributed by atoms with Gasteiger partial charge in [-0.05, 0) is 31.5 Å². The molecule has 0 radical (unpaired) electrons. The van der Waals surface area contributed by atoms with E-state index in [0.717, 1.165) is 19.4 Å². The maximum atomic E-state index is 11.7. The van der Waals surface area contributed by atoms with Gasteiger partial charge in [0.1, 0.15) is 6.04 Å². The molecule has 1 fully saturated rings. The summed E-state index contributed by atoms with van der Waals surface area (Å²) in [6, 6.07) is 3.31. The lowest BCUT2D eigenvalue weighted by molar-refractivity contribution is -0.146. The van der Waals surface area contributed by atoms with Crippen LogP contribution in [0.4, 0.5) is 0 Å². The zero-order valence-corrected chi connectivity index (χ0v) is 11.1. The average molecular weight is 277 g/mol. The lowest BCUT2D eigenvalue weighted by atomic mass is 10.2. The highest BCUT2D eigenvalue weighted by atomic mass is 16.5. The Labute approximate surface area is 115 Å². The molecule has 3 rings (SSSR count). The van der Waals surface area contributed by atoms with E-state index in [-0.39, 0.29) is 12.0 Å². The minimum absolute atomic E-state index is 0.215. The normalized spacial score (nSPS) is 19.4. The predicted molar refractivity (Wildman–Crippen MR) is 67.4 cm³/mol. The van der Waals surface area contributed by atoms with Crippen LogP contribution >= 0.6 is 0 Å². The molecule has 20 heavy (non-hydrogen) atoms. The van der Waals surface area contributed by atoms with Gasteiger partial charge in [-0.3, -0.25) is 9.69 Å². The second kappa shape index (κ2) is 5.46. The first-order valence-corrected chi connectivity index (χ1v) is 6.46. The van der Waals surface area contributed by atoms with Crippen molar-refractivity contribution in [2.45, 2.75) is 25.4 Å². The van der Waals surface area contributed by atoms with Crippen molar-refractivity contribution in [1.29, 1.82) is 0 Å². The third kappa shape index (κ3) is 2.44. The van der Waals surface area contributed by atoms with Crippen LogP contribution in [-0.2, 0) is 16.1 Å². The molecule has 7 heteroatoms. The Hall–Kier alpha value is -2.15. The van der Waals surface area contributed by atoms with E-state index in [1.54, 1.807) is 18.4 Å². The first-order chi connectivity index (χ1) is 9.78. The first-order valence-electron chi connectivity index (χ1n) is 6.46. The molecule has 0 bridgehead atoms. The van der Waals surface area contributed by atoms with Crippen LogP contribution in [0, 0.1) is 0 Å². The van der Waals surface area contributed by atoms with Gasteiger partial charge < -0.3 is 13.7 Å². The van der Waals surface area contributed by atoms with E-state index in [9.17, 15) is 4.79 Å². The summed E-state index contributed by atoms with van der Waals surface area (Å²) in [5.74, 6) is 1.23. The smallest absolute Gasteiger partial charge is 0.323 e. The predicted octanol–water partition coefficient (Wildman–Crippen LogP) is 1.47. The van der Waals surface area contributed by atoms with Gasteiger partial charge in [-0.2, -0.15) is 4.98 Å². The Morgan fingerprint density at radius 1 is 1.60 bits per heavy atom. The summed E-state index contributed by atoms with van der Waals surface area (Å²) in [6.45, 7) is 1.26. The van der Waals surface area contributed by atoms with Gasteiger partial charge >= 0.3 is 5.97 Å². The molecule has 0 spiro atoms. The van der Waals surface area contributed by atoms with Crippen molar-refractivity contribution >= 4 is 5.97 Å². The number of esters is 1. The number of furan rings is 1. The molecule has 3 heterocycles. The molecule has 2 aromatic rings. The highest BCUT2D eigenvalue weighted by molar-refractivity contribution is 5.75. The van der Waals surface area contributed by atoms with E-state index in [4.69, 9.17) is 13.7 Å². The van der Waals surface area contributed by atoms with Crippen molar-refractivity contribution in [3.8, 4) is 11.6 Å². The number of hydrogen-bond acceptors (Lipinski definition) is 7. The van der Waals surface area contributed by atoms with E-state index >= 15 is 0 Å². The van der Waals surface area contributed by atoms with Gasteiger partial charge in [-0.25, -0.2) is 0 Å². The van der Waals surface area contributed by atoms with Crippen LogP contribution in [-0.4, -0.2) is 40.7 Å². The van der Waals surface area contributed by atoms with E-state index in [2.05, 4.69) is 10.1 Å². The Morgan fingerprint density at radius 3 is 3.25 bits per heavy atom. The Bertz CT molecular complexity index is 578. The van der Waals surface area contributed by atoms with Gasteiger partial charge in [0.15, 0.2) is 5.76 Å². The fourth-order valence-electron chi connectivity index (χ4n) is 2.42. The summed E-state index contributed by atoms with van der Waals surface area (Å²) in [5.41, 5.74) is 0. The molecular formula is C13H15N3O4. The largest absolute Gasteiger partial charge is 0.468 e. The molecule has 1 unspecified atom stereocenters. The van der Waals surface area contributed by atoms with Crippen LogP contribution in [0.25, 0.3) is 11.6 Å². The molecule has 1 saturated heterocycles. The molecular weight excluding hydrogens is 262 g/mol. The number of ether oxygens (including phenoxy) is 1. The maximum absolute atomic E-state index is 11.7. The lowest BCUT2D eigenvalue weighted by Crippen LogP contribution is -2.36. The summed E-state index contributed by atoms with van der Waals surface area (Å²) < 4.78 is 15.2. The standard InChI is InChI=1S/C13H15N3O4/c1-18-13(17)9-4-2-6-16(9)8-11-14-12(15-20-11)10-5-3-7-19-10/h3,5,7,9H,2,4,6,8H2,1H3. The van der Waals surface area contributed by atoms with Crippen molar-refractivity contribution in [2.24, 2.45) is 0 Å². The van der Waals surface area contributed by atoms with Crippen molar-refractivity contribution in [3.05, 3.63) is 24.3 Å². The zero-order valence-electron chi connectivity index (χ0n) is 11.1. The zero-order chi connectivity index (χ0) is 13.9. The summed E-state index contributed by atoms with van der Waals surface area (Å²) in [6.07, 6.45) is 3.31. The number of nitrogens with zero attached hydrogens (tertiary/aromatic N) is 3. The van der Waals surface area contributed by atoms with Gasteiger partial charge in [0.05, 0.1) is 19.9 Å². The molecule has 0 N–H and O–H groups in total. The van der Waals surface area contributed by atoms with Crippen molar-refractivity contribution in [3.63, 3.8) is 0 Å². The summed E-state index contributed by atoms with van der Waals surface area (Å²) in [4.78, 5) is 17.9. The number of likely N-dealkylation sites (tertiary alicyclic amines) is 1. The molecule has 0 saturated carbocycles. The van der Waals surface area contributed by atoms with Crippen LogP contribution in [0.1, 0.15) is 18.7 Å². The molecule has 106 valence electrons. The highest BCUT2D eigenvalue weighted by Crippen LogP contribution is 2.22. The molecule has 1 aliphatic heterocycles. The average Bonchev–Trinajstić information content (AvgIpc) is 3.19. The fourth-order valence-corrected chi connectivity index (χ4v) is 2.42. The molecule has 7 nitrogen and oxygen atoms in total. The second-order valence-corrected chi connectivity index (χ2v) is 4.64. The van der Waals surface area contributed by atoms with Crippen LogP contribution in [0.5, 0.6) is 0 Å². The minimum atomic E-state index is -0.223. The minimum Gasteiger partial charge on any atom is -0.468 e. The molecule has 0 aliphatic carbocycles. The van der Waals surface area contributed by atoms with Crippen LogP contribution in [0.15, 0.2) is 27.3 Å². The molecule has 2 aromatic heterocycles.